The molecular formula is C14H21NO2S. The average Bonchev–Trinajstić information content (AvgIpc) is 2.27. The van der Waals surface area contributed by atoms with E-state index in [9.17, 15) is 10.2 Å². The largest absolute Gasteiger partial charge is 0.508 e. The Hall–Kier alpha value is -0.870. The molecule has 1 unspecified atom stereocenters. The molecule has 0 spiro atoms. The van der Waals surface area contributed by atoms with Gasteiger partial charge in [-0.2, -0.15) is 11.8 Å². The third-order valence-electron chi connectivity index (χ3n) is 3.91. The number of aromatic hydroxyl groups is 2. The highest BCUT2D eigenvalue weighted by Gasteiger charge is 2.36. The fourth-order valence-electron chi connectivity index (χ4n) is 2.37. The first-order valence-electron chi connectivity index (χ1n) is 6.37. The van der Waals surface area contributed by atoms with Crippen LogP contribution in [0.3, 0.4) is 0 Å². The van der Waals surface area contributed by atoms with Crippen molar-refractivity contribution in [2.75, 3.05) is 12.8 Å². The molecule has 0 aliphatic heterocycles. The minimum Gasteiger partial charge on any atom is -0.508 e. The van der Waals surface area contributed by atoms with Gasteiger partial charge in [-0.1, -0.05) is 12.5 Å². The molecule has 0 amide bonds. The lowest BCUT2D eigenvalue weighted by molar-refractivity contribution is 0.332. The number of benzene rings is 1. The van der Waals surface area contributed by atoms with Crippen LogP contribution in [0.2, 0.25) is 0 Å². The zero-order valence-electron chi connectivity index (χ0n) is 10.9. The fourth-order valence-corrected chi connectivity index (χ4v) is 3.30. The summed E-state index contributed by atoms with van der Waals surface area (Å²) in [4.78, 5) is 0. The maximum atomic E-state index is 9.81. The molecule has 1 saturated carbocycles. The number of thioether (sulfide) groups is 1. The van der Waals surface area contributed by atoms with Gasteiger partial charge in [-0.15, -0.1) is 0 Å². The van der Waals surface area contributed by atoms with Crippen LogP contribution in [0.25, 0.3) is 0 Å². The van der Waals surface area contributed by atoms with E-state index in [1.807, 2.05) is 18.7 Å². The van der Waals surface area contributed by atoms with Gasteiger partial charge in [0.25, 0.3) is 0 Å². The Morgan fingerprint density at radius 2 is 2.11 bits per heavy atom. The van der Waals surface area contributed by atoms with Gasteiger partial charge < -0.3 is 15.5 Å². The van der Waals surface area contributed by atoms with Gasteiger partial charge in [0.15, 0.2) is 0 Å². The maximum absolute atomic E-state index is 9.81. The minimum atomic E-state index is 0.0928. The lowest BCUT2D eigenvalue weighted by Crippen LogP contribution is -2.43. The number of phenols is 2. The monoisotopic (exact) mass is 267 g/mol. The van der Waals surface area contributed by atoms with Crippen LogP contribution in [0.15, 0.2) is 18.2 Å². The van der Waals surface area contributed by atoms with Crippen molar-refractivity contribution in [1.82, 2.24) is 5.32 Å². The summed E-state index contributed by atoms with van der Waals surface area (Å²) in [5, 5.41) is 22.6. The normalized spacial score (nSPS) is 19.2. The molecule has 1 fully saturated rings. The van der Waals surface area contributed by atoms with Crippen LogP contribution in [-0.4, -0.2) is 27.8 Å². The van der Waals surface area contributed by atoms with Crippen molar-refractivity contribution in [2.45, 2.75) is 37.0 Å². The standard InChI is InChI=1S/C14H21NO2S/c1-10(12-5-4-11(16)8-13(12)17)15-9-14(18-2)6-3-7-14/h4-5,8,10,15-17H,3,6-7,9H2,1-2H3. The van der Waals surface area contributed by atoms with Crippen molar-refractivity contribution in [1.29, 1.82) is 0 Å². The molecule has 2 rings (SSSR count). The molecule has 0 radical (unpaired) electrons. The van der Waals surface area contributed by atoms with Crippen LogP contribution < -0.4 is 5.32 Å². The van der Waals surface area contributed by atoms with Crippen LogP contribution in [0.4, 0.5) is 0 Å². The van der Waals surface area contributed by atoms with Crippen molar-refractivity contribution in [3.05, 3.63) is 23.8 Å². The first-order chi connectivity index (χ1) is 8.56. The SMILES string of the molecule is CSC1(CNC(C)c2ccc(O)cc2O)CCC1. The van der Waals surface area contributed by atoms with E-state index in [4.69, 9.17) is 0 Å². The molecule has 1 aliphatic carbocycles. The molecule has 3 nitrogen and oxygen atoms in total. The Labute approximate surface area is 113 Å². The van der Waals surface area contributed by atoms with Crippen LogP contribution in [0, 0.1) is 0 Å². The van der Waals surface area contributed by atoms with Gasteiger partial charge in [0.05, 0.1) is 0 Å². The van der Waals surface area contributed by atoms with E-state index in [1.54, 1.807) is 12.1 Å². The Balaban J connectivity index is 1.97. The van der Waals surface area contributed by atoms with Crippen molar-refractivity contribution in [3.8, 4) is 11.5 Å². The molecule has 0 saturated heterocycles. The van der Waals surface area contributed by atoms with Gasteiger partial charge >= 0.3 is 0 Å². The maximum Gasteiger partial charge on any atom is 0.124 e. The molecule has 100 valence electrons. The first-order valence-corrected chi connectivity index (χ1v) is 7.59. The lowest BCUT2D eigenvalue weighted by Gasteiger charge is -2.41. The second-order valence-electron chi connectivity index (χ2n) is 5.09. The zero-order valence-corrected chi connectivity index (χ0v) is 11.8. The molecule has 1 aliphatic rings. The number of hydrogen-bond donors (Lipinski definition) is 3. The second-order valence-corrected chi connectivity index (χ2v) is 6.36. The van der Waals surface area contributed by atoms with Gasteiger partial charge in [-0.3, -0.25) is 0 Å². The van der Waals surface area contributed by atoms with E-state index >= 15 is 0 Å². The van der Waals surface area contributed by atoms with Crippen LogP contribution >= 0.6 is 11.8 Å². The van der Waals surface area contributed by atoms with Gasteiger partial charge in [0.2, 0.25) is 0 Å². The van der Waals surface area contributed by atoms with Crippen molar-refractivity contribution >= 4 is 11.8 Å². The molecule has 3 N–H and O–H groups in total. The van der Waals surface area contributed by atoms with Crippen LogP contribution in [0.5, 0.6) is 11.5 Å². The van der Waals surface area contributed by atoms with E-state index in [2.05, 4.69) is 11.6 Å². The second kappa shape index (κ2) is 5.41. The Morgan fingerprint density at radius 3 is 2.61 bits per heavy atom. The summed E-state index contributed by atoms with van der Waals surface area (Å²) in [5.41, 5.74) is 0.836. The molecule has 0 aromatic heterocycles. The average molecular weight is 267 g/mol. The van der Waals surface area contributed by atoms with Gasteiger partial charge in [0.1, 0.15) is 11.5 Å². The third kappa shape index (κ3) is 2.75. The quantitative estimate of drug-likeness (QED) is 0.767. The predicted molar refractivity (Wildman–Crippen MR) is 76.3 cm³/mol. The Bertz CT molecular complexity index is 413. The predicted octanol–water partition coefficient (Wildman–Crippen LogP) is 3.03. The van der Waals surface area contributed by atoms with Crippen molar-refractivity contribution < 1.29 is 10.2 Å². The van der Waals surface area contributed by atoms with E-state index in [0.717, 1.165) is 12.1 Å². The molecule has 4 heteroatoms. The topological polar surface area (TPSA) is 52.5 Å². The molecule has 0 bridgehead atoms. The first kappa shape index (κ1) is 13.6. The zero-order chi connectivity index (χ0) is 13.2. The molecule has 1 aromatic rings. The molecular weight excluding hydrogens is 246 g/mol. The molecule has 1 aromatic carbocycles. The number of rotatable bonds is 5. The van der Waals surface area contributed by atoms with E-state index in [-0.39, 0.29) is 17.5 Å². The summed E-state index contributed by atoms with van der Waals surface area (Å²) in [7, 11) is 0. The van der Waals surface area contributed by atoms with Gasteiger partial charge in [-0.05, 0) is 32.1 Å². The molecule has 1 atom stereocenters. The fraction of sp³-hybridized carbons (Fsp3) is 0.571. The number of phenolic OH excluding ortho intramolecular Hbond substituents is 2. The highest BCUT2D eigenvalue weighted by molar-refractivity contribution is 8.00. The highest BCUT2D eigenvalue weighted by atomic mass is 32.2. The summed E-state index contributed by atoms with van der Waals surface area (Å²) in [6.45, 7) is 3.01. The number of nitrogens with one attached hydrogen (secondary N) is 1. The summed E-state index contributed by atoms with van der Waals surface area (Å²) >= 11 is 1.94. The van der Waals surface area contributed by atoms with E-state index in [1.165, 1.54) is 25.3 Å². The summed E-state index contributed by atoms with van der Waals surface area (Å²) < 4.78 is 0.390. The molecule has 18 heavy (non-hydrogen) atoms. The summed E-state index contributed by atoms with van der Waals surface area (Å²) in [6, 6.07) is 4.87. The van der Waals surface area contributed by atoms with Crippen molar-refractivity contribution in [3.63, 3.8) is 0 Å². The smallest absolute Gasteiger partial charge is 0.124 e. The number of hydrogen-bond acceptors (Lipinski definition) is 4. The van der Waals surface area contributed by atoms with Crippen LogP contribution in [0.1, 0.15) is 37.8 Å². The van der Waals surface area contributed by atoms with Gasteiger partial charge in [-0.25, -0.2) is 0 Å². The van der Waals surface area contributed by atoms with E-state index in [0.29, 0.717) is 4.75 Å². The summed E-state index contributed by atoms with van der Waals surface area (Å²) in [6.07, 6.45) is 6.04. The Morgan fingerprint density at radius 1 is 1.39 bits per heavy atom. The molecule has 0 heterocycles. The summed E-state index contributed by atoms with van der Waals surface area (Å²) in [5.74, 6) is 0.254. The third-order valence-corrected chi connectivity index (χ3v) is 5.33. The van der Waals surface area contributed by atoms with Crippen LogP contribution in [-0.2, 0) is 0 Å². The minimum absolute atomic E-state index is 0.0928. The van der Waals surface area contributed by atoms with E-state index < -0.39 is 0 Å². The van der Waals surface area contributed by atoms with Gasteiger partial charge in [0, 0.05) is 29.0 Å². The Kier molecular flexibility index (Phi) is 4.07. The van der Waals surface area contributed by atoms with Crippen molar-refractivity contribution in [2.24, 2.45) is 0 Å². The lowest BCUT2D eigenvalue weighted by atomic mass is 9.84. The highest BCUT2D eigenvalue weighted by Crippen LogP contribution is 2.42.